The molecule has 0 spiro atoms. The molecule has 2 N–H and O–H groups in total. The lowest BCUT2D eigenvalue weighted by molar-refractivity contribution is 0.281. The molecule has 0 fully saturated rings. The molecule has 0 aliphatic rings. The number of aliphatic hydroxyl groups excluding tert-OH is 1. The smallest absolute Gasteiger partial charge is 0.243 e. The number of sulfonamides is 1. The fourth-order valence-corrected chi connectivity index (χ4v) is 2.59. The Hall–Kier alpha value is -1.90. The van der Waals surface area contributed by atoms with E-state index in [-0.39, 0.29) is 13.2 Å². The predicted octanol–water partition coefficient (Wildman–Crippen LogP) is 0.586. The highest BCUT2D eigenvalue weighted by atomic mass is 32.2. The van der Waals surface area contributed by atoms with Crippen molar-refractivity contribution < 1.29 is 17.9 Å². The summed E-state index contributed by atoms with van der Waals surface area (Å²) in [5.41, 5.74) is 0.771. The molecule has 0 aliphatic heterocycles. The summed E-state index contributed by atoms with van der Waals surface area (Å²) in [6.07, 6.45) is 2.77. The number of nitrogens with one attached hydrogen (secondary N) is 1. The van der Waals surface area contributed by atoms with E-state index in [0.29, 0.717) is 11.3 Å². The number of halogens is 1. The molecule has 0 aliphatic carbocycles. The average molecular weight is 297 g/mol. The average Bonchev–Trinajstić information content (AvgIpc) is 2.46. The zero-order chi connectivity index (χ0) is 14.6. The molecule has 2 aromatic rings. The molecule has 0 saturated carbocycles. The van der Waals surface area contributed by atoms with E-state index in [1.54, 1.807) is 6.07 Å². The number of nitrogens with zero attached hydrogens (tertiary/aromatic N) is 2. The van der Waals surface area contributed by atoms with Crippen LogP contribution in [0.5, 0.6) is 0 Å². The second-order valence-corrected chi connectivity index (χ2v) is 5.68. The number of aromatic nitrogens is 2. The van der Waals surface area contributed by atoms with Gasteiger partial charge in [-0.25, -0.2) is 27.5 Å². The van der Waals surface area contributed by atoms with Gasteiger partial charge in [-0.05, 0) is 23.8 Å². The molecule has 0 unspecified atom stereocenters. The lowest BCUT2D eigenvalue weighted by Gasteiger charge is -2.08. The Labute approximate surface area is 115 Å². The van der Waals surface area contributed by atoms with Crippen molar-refractivity contribution in [3.8, 4) is 0 Å². The minimum atomic E-state index is -3.98. The van der Waals surface area contributed by atoms with Crippen LogP contribution in [0, 0.1) is 5.82 Å². The van der Waals surface area contributed by atoms with Crippen LogP contribution in [0.25, 0.3) is 0 Å². The number of hydrogen-bond donors (Lipinski definition) is 2. The maximum atomic E-state index is 13.7. The third kappa shape index (κ3) is 3.35. The summed E-state index contributed by atoms with van der Waals surface area (Å²) in [7, 11) is -3.98. The summed E-state index contributed by atoms with van der Waals surface area (Å²) in [5, 5.41) is 8.86. The van der Waals surface area contributed by atoms with Crippen LogP contribution < -0.4 is 4.72 Å². The van der Waals surface area contributed by atoms with E-state index in [2.05, 4.69) is 14.7 Å². The van der Waals surface area contributed by atoms with Crippen LogP contribution in [0.4, 0.5) is 4.39 Å². The Morgan fingerprint density at radius 2 is 2.10 bits per heavy atom. The van der Waals surface area contributed by atoms with E-state index in [4.69, 9.17) is 5.11 Å². The van der Waals surface area contributed by atoms with Gasteiger partial charge in [0.15, 0.2) is 0 Å². The highest BCUT2D eigenvalue weighted by molar-refractivity contribution is 7.89. The van der Waals surface area contributed by atoms with Crippen LogP contribution in [0.1, 0.15) is 11.3 Å². The lowest BCUT2D eigenvalue weighted by atomic mass is 10.2. The van der Waals surface area contributed by atoms with Crippen LogP contribution in [0.2, 0.25) is 0 Å². The third-order valence-corrected chi connectivity index (χ3v) is 3.99. The van der Waals surface area contributed by atoms with Gasteiger partial charge in [0.25, 0.3) is 0 Å². The quantitative estimate of drug-likeness (QED) is 0.842. The second-order valence-electron chi connectivity index (χ2n) is 3.95. The minimum Gasteiger partial charge on any atom is -0.392 e. The van der Waals surface area contributed by atoms with Crippen LogP contribution in [-0.4, -0.2) is 23.5 Å². The van der Waals surface area contributed by atoms with Gasteiger partial charge < -0.3 is 5.11 Å². The van der Waals surface area contributed by atoms with Crippen molar-refractivity contribution in [3.05, 3.63) is 53.9 Å². The van der Waals surface area contributed by atoms with Crippen molar-refractivity contribution in [2.45, 2.75) is 18.0 Å². The van der Waals surface area contributed by atoms with Gasteiger partial charge in [-0.3, -0.25) is 0 Å². The summed E-state index contributed by atoms with van der Waals surface area (Å²) in [4.78, 5) is 7.10. The first-order valence-electron chi connectivity index (χ1n) is 5.67. The summed E-state index contributed by atoms with van der Waals surface area (Å²) < 4.78 is 39.9. The standard InChI is InChI=1S/C12H12FN3O3S/c13-11-5-9(7-17)1-2-12(11)20(18,19)16-6-10-3-4-14-8-15-10/h1-5,8,16-17H,6-7H2. The molecule has 0 radical (unpaired) electrons. The molecular weight excluding hydrogens is 285 g/mol. The second kappa shape index (κ2) is 6.04. The molecule has 0 saturated heterocycles. The van der Waals surface area contributed by atoms with Gasteiger partial charge in [-0.2, -0.15) is 0 Å². The topological polar surface area (TPSA) is 92.2 Å². The van der Waals surface area contributed by atoms with E-state index >= 15 is 0 Å². The van der Waals surface area contributed by atoms with Crippen LogP contribution in [0.15, 0.2) is 41.7 Å². The molecule has 0 atom stereocenters. The Morgan fingerprint density at radius 3 is 2.70 bits per heavy atom. The van der Waals surface area contributed by atoms with Gasteiger partial charge in [0.1, 0.15) is 17.0 Å². The fraction of sp³-hybridized carbons (Fsp3) is 0.167. The SMILES string of the molecule is O=S(=O)(NCc1ccncn1)c1ccc(CO)cc1F. The van der Waals surface area contributed by atoms with Gasteiger partial charge in [0, 0.05) is 6.20 Å². The van der Waals surface area contributed by atoms with Crippen LogP contribution in [-0.2, 0) is 23.2 Å². The first kappa shape index (κ1) is 14.5. The van der Waals surface area contributed by atoms with E-state index in [0.717, 1.165) is 12.1 Å². The Morgan fingerprint density at radius 1 is 1.30 bits per heavy atom. The maximum absolute atomic E-state index is 13.7. The number of hydrogen-bond acceptors (Lipinski definition) is 5. The zero-order valence-corrected chi connectivity index (χ0v) is 11.1. The molecule has 6 nitrogen and oxygen atoms in total. The monoisotopic (exact) mass is 297 g/mol. The highest BCUT2D eigenvalue weighted by Gasteiger charge is 2.19. The molecule has 2 rings (SSSR count). The molecule has 8 heteroatoms. The first-order chi connectivity index (χ1) is 9.53. The van der Waals surface area contributed by atoms with Crippen molar-refractivity contribution in [1.82, 2.24) is 14.7 Å². The van der Waals surface area contributed by atoms with Crippen LogP contribution >= 0.6 is 0 Å². The Kier molecular flexibility index (Phi) is 4.38. The lowest BCUT2D eigenvalue weighted by Crippen LogP contribution is -2.24. The van der Waals surface area contributed by atoms with Gasteiger partial charge in [0.2, 0.25) is 10.0 Å². The molecule has 1 aromatic heterocycles. The van der Waals surface area contributed by atoms with Crippen molar-refractivity contribution >= 4 is 10.0 Å². The van der Waals surface area contributed by atoms with Crippen molar-refractivity contribution in [1.29, 1.82) is 0 Å². The van der Waals surface area contributed by atoms with E-state index in [9.17, 15) is 12.8 Å². The zero-order valence-electron chi connectivity index (χ0n) is 10.3. The molecule has 0 bridgehead atoms. The summed E-state index contributed by atoms with van der Waals surface area (Å²) in [6, 6.07) is 5.00. The predicted molar refractivity (Wildman–Crippen MR) is 68.4 cm³/mol. The highest BCUT2D eigenvalue weighted by Crippen LogP contribution is 2.16. The van der Waals surface area contributed by atoms with Gasteiger partial charge in [-0.15, -0.1) is 0 Å². The molecule has 106 valence electrons. The van der Waals surface area contributed by atoms with Gasteiger partial charge in [-0.1, -0.05) is 6.07 Å². The summed E-state index contributed by atoms with van der Waals surface area (Å²) >= 11 is 0. The molecule has 0 amide bonds. The molecule has 1 aromatic carbocycles. The Bertz CT molecular complexity index is 692. The third-order valence-electron chi connectivity index (χ3n) is 2.55. The molecule has 1 heterocycles. The Balaban J connectivity index is 2.18. The maximum Gasteiger partial charge on any atom is 0.243 e. The van der Waals surface area contributed by atoms with Crippen LogP contribution in [0.3, 0.4) is 0 Å². The van der Waals surface area contributed by atoms with Crippen molar-refractivity contribution in [3.63, 3.8) is 0 Å². The summed E-state index contributed by atoms with van der Waals surface area (Å²) in [5.74, 6) is -0.910. The number of aliphatic hydroxyl groups is 1. The molecule has 20 heavy (non-hydrogen) atoms. The number of benzene rings is 1. The van der Waals surface area contributed by atoms with E-state index in [1.165, 1.54) is 18.6 Å². The van der Waals surface area contributed by atoms with Crippen molar-refractivity contribution in [2.75, 3.05) is 0 Å². The van der Waals surface area contributed by atoms with E-state index < -0.39 is 20.7 Å². The van der Waals surface area contributed by atoms with Crippen molar-refractivity contribution in [2.24, 2.45) is 0 Å². The number of rotatable bonds is 5. The normalized spacial score (nSPS) is 11.5. The van der Waals surface area contributed by atoms with Gasteiger partial charge >= 0.3 is 0 Å². The molecular formula is C12H12FN3O3S. The van der Waals surface area contributed by atoms with E-state index in [1.807, 2.05) is 0 Å². The minimum absolute atomic E-state index is 0.0634. The first-order valence-corrected chi connectivity index (χ1v) is 7.15. The van der Waals surface area contributed by atoms with Gasteiger partial charge in [0.05, 0.1) is 18.8 Å². The summed E-state index contributed by atoms with van der Waals surface area (Å²) in [6.45, 7) is -0.419. The fourth-order valence-electron chi connectivity index (χ4n) is 1.53. The largest absolute Gasteiger partial charge is 0.392 e.